The molecule has 5 heteroatoms. The first-order valence-electron chi connectivity index (χ1n) is 4.15. The van der Waals surface area contributed by atoms with Crippen LogP contribution >= 0.6 is 0 Å². The normalized spacial score (nSPS) is 11.1. The lowest BCUT2D eigenvalue weighted by Gasteiger charge is -2.02. The lowest BCUT2D eigenvalue weighted by Crippen LogP contribution is -2.22. The molecule has 0 unspecified atom stereocenters. The zero-order valence-electron chi connectivity index (χ0n) is 7.97. The van der Waals surface area contributed by atoms with Gasteiger partial charge < -0.3 is 9.90 Å². The standard InChI is InChI=1S/C10H9NO4/c1-7(11(14)15)5-8-3-2-4-9(6-8)10(12)13/h2-6H,1H3,(H,12,13)/p-1/b7-5+. The summed E-state index contributed by atoms with van der Waals surface area (Å²) in [6.07, 6.45) is 1.30. The maximum Gasteiger partial charge on any atom is 0.243 e. The Hall–Kier alpha value is -2.17. The van der Waals surface area contributed by atoms with Crippen LogP contribution in [0.4, 0.5) is 0 Å². The molecule has 0 heterocycles. The molecular weight excluding hydrogens is 198 g/mol. The molecule has 0 aliphatic heterocycles. The number of hydrogen-bond acceptors (Lipinski definition) is 4. The van der Waals surface area contributed by atoms with Gasteiger partial charge in [-0.25, -0.2) is 0 Å². The van der Waals surface area contributed by atoms with Gasteiger partial charge in [-0.05, 0) is 17.2 Å². The van der Waals surface area contributed by atoms with E-state index in [9.17, 15) is 20.0 Å². The molecule has 0 N–H and O–H groups in total. The number of carboxylic acids is 1. The number of carboxylic acid groups (broad SMARTS) is 1. The van der Waals surface area contributed by atoms with Crippen molar-refractivity contribution in [2.75, 3.05) is 0 Å². The van der Waals surface area contributed by atoms with Crippen molar-refractivity contribution in [3.05, 3.63) is 51.2 Å². The van der Waals surface area contributed by atoms with Gasteiger partial charge in [0, 0.05) is 13.0 Å². The summed E-state index contributed by atoms with van der Waals surface area (Å²) in [6.45, 7) is 1.34. The van der Waals surface area contributed by atoms with E-state index in [0.29, 0.717) is 5.56 Å². The van der Waals surface area contributed by atoms with E-state index in [1.807, 2.05) is 0 Å². The van der Waals surface area contributed by atoms with E-state index >= 15 is 0 Å². The number of nitro groups is 1. The minimum Gasteiger partial charge on any atom is -0.545 e. The SMILES string of the molecule is C/C(=C\c1cccc(C(=O)[O-])c1)[N+](=O)[O-]. The molecule has 15 heavy (non-hydrogen) atoms. The van der Waals surface area contributed by atoms with Gasteiger partial charge in [0.15, 0.2) is 0 Å². The first-order valence-corrected chi connectivity index (χ1v) is 4.15. The molecule has 0 atom stereocenters. The molecule has 0 radical (unpaired) electrons. The Morgan fingerprint density at radius 3 is 2.67 bits per heavy atom. The Bertz CT molecular complexity index is 437. The fourth-order valence-electron chi connectivity index (χ4n) is 1.05. The second-order valence-electron chi connectivity index (χ2n) is 2.96. The van der Waals surface area contributed by atoms with Crippen molar-refractivity contribution in [2.24, 2.45) is 0 Å². The van der Waals surface area contributed by atoms with Crippen LogP contribution in [-0.4, -0.2) is 10.9 Å². The highest BCUT2D eigenvalue weighted by Gasteiger charge is 2.02. The fraction of sp³-hybridized carbons (Fsp3) is 0.100. The average molecular weight is 206 g/mol. The molecule has 0 aromatic heterocycles. The van der Waals surface area contributed by atoms with Crippen LogP contribution in [0.1, 0.15) is 22.8 Å². The van der Waals surface area contributed by atoms with E-state index in [-0.39, 0.29) is 11.3 Å². The van der Waals surface area contributed by atoms with Gasteiger partial charge in [0.05, 0.1) is 10.9 Å². The minimum atomic E-state index is -1.30. The summed E-state index contributed by atoms with van der Waals surface area (Å²) in [6, 6.07) is 5.78. The van der Waals surface area contributed by atoms with E-state index in [1.165, 1.54) is 31.2 Å². The monoisotopic (exact) mass is 206 g/mol. The van der Waals surface area contributed by atoms with Crippen LogP contribution in [0.15, 0.2) is 30.0 Å². The van der Waals surface area contributed by atoms with Crippen molar-refractivity contribution in [3.63, 3.8) is 0 Å². The molecule has 0 saturated carbocycles. The first-order chi connectivity index (χ1) is 7.00. The maximum absolute atomic E-state index is 10.5. The number of rotatable bonds is 3. The van der Waals surface area contributed by atoms with Gasteiger partial charge >= 0.3 is 0 Å². The molecule has 1 aromatic carbocycles. The van der Waals surface area contributed by atoms with Gasteiger partial charge in [0.2, 0.25) is 5.70 Å². The van der Waals surface area contributed by atoms with Crippen LogP contribution in [-0.2, 0) is 0 Å². The predicted octanol–water partition coefficient (Wildman–Crippen LogP) is 0.688. The smallest absolute Gasteiger partial charge is 0.243 e. The second-order valence-corrected chi connectivity index (χ2v) is 2.96. The molecule has 0 aliphatic carbocycles. The molecule has 1 rings (SSSR count). The Morgan fingerprint density at radius 2 is 2.13 bits per heavy atom. The van der Waals surface area contributed by atoms with Gasteiger partial charge in [-0.3, -0.25) is 10.1 Å². The van der Waals surface area contributed by atoms with Gasteiger partial charge in [0.25, 0.3) is 0 Å². The van der Waals surface area contributed by atoms with E-state index in [1.54, 1.807) is 6.07 Å². The molecule has 78 valence electrons. The molecule has 0 amide bonds. The van der Waals surface area contributed by atoms with E-state index < -0.39 is 10.9 Å². The Labute approximate surface area is 85.8 Å². The number of hydrogen-bond donors (Lipinski definition) is 0. The topological polar surface area (TPSA) is 83.3 Å². The summed E-state index contributed by atoms with van der Waals surface area (Å²) in [5.74, 6) is -1.30. The summed E-state index contributed by atoms with van der Waals surface area (Å²) >= 11 is 0. The van der Waals surface area contributed by atoms with Crippen LogP contribution in [0.25, 0.3) is 6.08 Å². The van der Waals surface area contributed by atoms with Gasteiger partial charge in [-0.1, -0.05) is 18.2 Å². The minimum absolute atomic E-state index is 0.0000945. The van der Waals surface area contributed by atoms with Crippen LogP contribution in [0.5, 0.6) is 0 Å². The zero-order chi connectivity index (χ0) is 11.4. The van der Waals surface area contributed by atoms with Crippen molar-refractivity contribution >= 4 is 12.0 Å². The summed E-state index contributed by atoms with van der Waals surface area (Å²) in [5.41, 5.74) is 0.413. The molecule has 1 aromatic rings. The zero-order valence-corrected chi connectivity index (χ0v) is 7.97. The number of benzene rings is 1. The van der Waals surface area contributed by atoms with Crippen molar-refractivity contribution in [1.29, 1.82) is 0 Å². The third kappa shape index (κ3) is 2.91. The maximum atomic E-state index is 10.5. The second kappa shape index (κ2) is 4.36. The van der Waals surface area contributed by atoms with Crippen LogP contribution in [0, 0.1) is 10.1 Å². The number of allylic oxidation sites excluding steroid dienone is 1. The Kier molecular flexibility index (Phi) is 3.17. The van der Waals surface area contributed by atoms with Crippen molar-refractivity contribution in [3.8, 4) is 0 Å². The third-order valence-electron chi connectivity index (χ3n) is 1.79. The largest absolute Gasteiger partial charge is 0.545 e. The van der Waals surface area contributed by atoms with Gasteiger partial charge in [-0.2, -0.15) is 0 Å². The summed E-state index contributed by atoms with van der Waals surface area (Å²) in [4.78, 5) is 20.3. The van der Waals surface area contributed by atoms with Crippen LogP contribution in [0.2, 0.25) is 0 Å². The first kappa shape index (κ1) is 10.9. The Morgan fingerprint density at radius 1 is 1.47 bits per heavy atom. The van der Waals surface area contributed by atoms with Crippen molar-refractivity contribution in [1.82, 2.24) is 0 Å². The highest BCUT2D eigenvalue weighted by Crippen LogP contribution is 2.09. The number of carbonyl (C=O) groups is 1. The molecule has 5 nitrogen and oxygen atoms in total. The van der Waals surface area contributed by atoms with Gasteiger partial charge in [-0.15, -0.1) is 0 Å². The molecule has 0 fully saturated rings. The Balaban J connectivity index is 3.06. The molecule has 0 bridgehead atoms. The van der Waals surface area contributed by atoms with Crippen molar-refractivity contribution < 1.29 is 14.8 Å². The van der Waals surface area contributed by atoms with Crippen molar-refractivity contribution in [2.45, 2.75) is 6.92 Å². The molecule has 0 spiro atoms. The van der Waals surface area contributed by atoms with Crippen LogP contribution in [0.3, 0.4) is 0 Å². The highest BCUT2D eigenvalue weighted by molar-refractivity contribution is 5.86. The number of nitrogens with zero attached hydrogens (tertiary/aromatic N) is 1. The highest BCUT2D eigenvalue weighted by atomic mass is 16.6. The average Bonchev–Trinajstić information content (AvgIpc) is 2.18. The quantitative estimate of drug-likeness (QED) is 0.538. The van der Waals surface area contributed by atoms with Gasteiger partial charge in [0.1, 0.15) is 0 Å². The predicted molar refractivity (Wildman–Crippen MR) is 51.4 cm³/mol. The summed E-state index contributed by atoms with van der Waals surface area (Å²) in [5, 5.41) is 20.8. The lowest BCUT2D eigenvalue weighted by atomic mass is 10.1. The fourth-order valence-corrected chi connectivity index (χ4v) is 1.05. The van der Waals surface area contributed by atoms with E-state index in [4.69, 9.17) is 0 Å². The molecule has 0 saturated heterocycles. The molecular formula is C10H8NO4-. The lowest BCUT2D eigenvalue weighted by molar-refractivity contribution is -0.422. The molecule has 0 aliphatic rings. The third-order valence-corrected chi connectivity index (χ3v) is 1.79. The van der Waals surface area contributed by atoms with E-state index in [0.717, 1.165) is 0 Å². The number of aromatic carboxylic acids is 1. The number of carbonyl (C=O) groups excluding carboxylic acids is 1. The summed E-state index contributed by atoms with van der Waals surface area (Å²) < 4.78 is 0. The van der Waals surface area contributed by atoms with Crippen LogP contribution < -0.4 is 5.11 Å². The van der Waals surface area contributed by atoms with E-state index in [2.05, 4.69) is 0 Å². The summed E-state index contributed by atoms with van der Waals surface area (Å²) in [7, 11) is 0.